The van der Waals surface area contributed by atoms with E-state index in [1.165, 1.54) is 0 Å². The van der Waals surface area contributed by atoms with Crippen LogP contribution in [0.1, 0.15) is 21.7 Å². The van der Waals surface area contributed by atoms with Crippen LogP contribution in [0, 0.1) is 0 Å². The minimum atomic E-state index is -1.00. The lowest BCUT2D eigenvalue weighted by Crippen LogP contribution is -2.07. The van der Waals surface area contributed by atoms with Gasteiger partial charge in [0.1, 0.15) is 11.4 Å². The molecule has 0 saturated carbocycles. The van der Waals surface area contributed by atoms with Gasteiger partial charge in [-0.3, -0.25) is 10.2 Å². The molecule has 2 aromatic heterocycles. The third kappa shape index (κ3) is 0.992. The molecule has 7 heteroatoms. The summed E-state index contributed by atoms with van der Waals surface area (Å²) in [5.74, 6) is -0.640. The molecular weight excluding hydrogens is 210 g/mol. The minimum Gasteiger partial charge on any atom is -0.477 e. The van der Waals surface area contributed by atoms with Crippen LogP contribution in [0.25, 0.3) is 11.3 Å². The number of hydrogen-bond acceptors (Lipinski definition) is 4. The number of nitrogens with one attached hydrogen (secondary N) is 2. The number of H-pyrrole nitrogens is 2. The molecule has 1 aliphatic rings. The number of rotatable bonds is 1. The smallest absolute Gasteiger partial charge is 0.354 e. The number of nitrogens with two attached hydrogens (primary N) is 1. The first kappa shape index (κ1) is 8.96. The average molecular weight is 219 g/mol. The molecule has 0 aliphatic heterocycles. The number of anilines is 1. The summed E-state index contributed by atoms with van der Waals surface area (Å²) in [6, 6.07) is 0. The van der Waals surface area contributed by atoms with E-state index in [2.05, 4.69) is 20.4 Å². The first-order valence-electron chi connectivity index (χ1n) is 4.82. The van der Waals surface area contributed by atoms with E-state index in [0.29, 0.717) is 29.9 Å². The van der Waals surface area contributed by atoms with E-state index in [9.17, 15) is 4.79 Å². The van der Waals surface area contributed by atoms with Gasteiger partial charge in [0, 0.05) is 11.3 Å². The van der Waals surface area contributed by atoms with Crippen LogP contribution < -0.4 is 5.73 Å². The van der Waals surface area contributed by atoms with Crippen molar-refractivity contribution in [1.82, 2.24) is 20.4 Å². The monoisotopic (exact) mass is 219 g/mol. The van der Waals surface area contributed by atoms with Crippen molar-refractivity contribution in [2.24, 2.45) is 0 Å². The van der Waals surface area contributed by atoms with E-state index in [-0.39, 0.29) is 5.69 Å². The molecule has 0 bridgehead atoms. The Morgan fingerprint density at radius 3 is 2.88 bits per heavy atom. The summed E-state index contributed by atoms with van der Waals surface area (Å²) in [4.78, 5) is 10.9. The SMILES string of the molecule is Nc1n[nH]c2c1-c1n[nH]c(C(=O)O)c1CC2. The van der Waals surface area contributed by atoms with Crippen LogP contribution >= 0.6 is 0 Å². The highest BCUT2D eigenvalue weighted by Gasteiger charge is 2.28. The summed E-state index contributed by atoms with van der Waals surface area (Å²) in [5.41, 5.74) is 8.80. The number of aromatic amines is 2. The standard InChI is InChI=1S/C9H9N5O2/c10-8-5-4(11-14-8)2-1-3-6(5)12-13-7(3)9(15)16/h1-2H2,(H,12,13)(H,15,16)(H3,10,11,14). The molecule has 5 N–H and O–H groups in total. The summed E-state index contributed by atoms with van der Waals surface area (Å²) >= 11 is 0. The molecular formula is C9H9N5O2. The topological polar surface area (TPSA) is 121 Å². The van der Waals surface area contributed by atoms with Crippen molar-refractivity contribution in [3.63, 3.8) is 0 Å². The van der Waals surface area contributed by atoms with Crippen LogP contribution in [0.15, 0.2) is 0 Å². The summed E-state index contributed by atoms with van der Waals surface area (Å²) in [7, 11) is 0. The zero-order valence-electron chi connectivity index (χ0n) is 8.24. The average Bonchev–Trinajstić information content (AvgIpc) is 2.81. The highest BCUT2D eigenvalue weighted by Crippen LogP contribution is 2.35. The number of carboxylic acid groups (broad SMARTS) is 1. The van der Waals surface area contributed by atoms with Gasteiger partial charge in [0.05, 0.1) is 5.56 Å². The maximum absolute atomic E-state index is 10.9. The van der Waals surface area contributed by atoms with Gasteiger partial charge in [0.2, 0.25) is 0 Å². The van der Waals surface area contributed by atoms with Crippen molar-refractivity contribution < 1.29 is 9.90 Å². The van der Waals surface area contributed by atoms with Gasteiger partial charge in [0.25, 0.3) is 0 Å². The summed E-state index contributed by atoms with van der Waals surface area (Å²) in [6.07, 6.45) is 1.33. The molecule has 2 heterocycles. The molecule has 0 radical (unpaired) electrons. The van der Waals surface area contributed by atoms with Gasteiger partial charge in [0.15, 0.2) is 5.82 Å². The van der Waals surface area contributed by atoms with E-state index < -0.39 is 5.97 Å². The Bertz CT molecular complexity index is 583. The molecule has 16 heavy (non-hydrogen) atoms. The second-order valence-corrected chi connectivity index (χ2v) is 3.69. The van der Waals surface area contributed by atoms with Gasteiger partial charge < -0.3 is 10.8 Å². The zero-order chi connectivity index (χ0) is 11.3. The van der Waals surface area contributed by atoms with Gasteiger partial charge in [-0.25, -0.2) is 4.79 Å². The number of carboxylic acids is 1. The van der Waals surface area contributed by atoms with E-state index in [1.54, 1.807) is 0 Å². The third-order valence-corrected chi connectivity index (χ3v) is 2.81. The van der Waals surface area contributed by atoms with Gasteiger partial charge in [-0.05, 0) is 12.8 Å². The molecule has 0 saturated heterocycles. The van der Waals surface area contributed by atoms with Crippen molar-refractivity contribution in [2.45, 2.75) is 12.8 Å². The van der Waals surface area contributed by atoms with Crippen LogP contribution in [0.2, 0.25) is 0 Å². The summed E-state index contributed by atoms with van der Waals surface area (Å²) < 4.78 is 0. The van der Waals surface area contributed by atoms with Crippen LogP contribution in [0.3, 0.4) is 0 Å². The Kier molecular flexibility index (Phi) is 1.59. The Labute approximate surface area is 89.7 Å². The zero-order valence-corrected chi connectivity index (χ0v) is 8.24. The number of nitrogens with zero attached hydrogens (tertiary/aromatic N) is 2. The maximum Gasteiger partial charge on any atom is 0.354 e. The molecule has 0 unspecified atom stereocenters. The van der Waals surface area contributed by atoms with Crippen molar-refractivity contribution in [3.05, 3.63) is 17.0 Å². The fourth-order valence-electron chi connectivity index (χ4n) is 2.08. The predicted molar refractivity (Wildman–Crippen MR) is 54.9 cm³/mol. The highest BCUT2D eigenvalue weighted by molar-refractivity contribution is 5.91. The molecule has 0 aromatic carbocycles. The Hall–Kier alpha value is -2.31. The Morgan fingerprint density at radius 2 is 2.12 bits per heavy atom. The number of aromatic nitrogens is 4. The molecule has 0 amide bonds. The molecule has 0 atom stereocenters. The van der Waals surface area contributed by atoms with Crippen molar-refractivity contribution in [1.29, 1.82) is 0 Å². The lowest BCUT2D eigenvalue weighted by molar-refractivity contribution is 0.0689. The van der Waals surface area contributed by atoms with Gasteiger partial charge >= 0.3 is 5.97 Å². The molecule has 7 nitrogen and oxygen atoms in total. The summed E-state index contributed by atoms with van der Waals surface area (Å²) in [5, 5.41) is 22.2. The maximum atomic E-state index is 10.9. The van der Waals surface area contributed by atoms with E-state index in [1.807, 2.05) is 0 Å². The van der Waals surface area contributed by atoms with Crippen LogP contribution in [-0.4, -0.2) is 31.5 Å². The molecule has 2 aromatic rings. The highest BCUT2D eigenvalue weighted by atomic mass is 16.4. The minimum absolute atomic E-state index is 0.140. The van der Waals surface area contributed by atoms with Crippen molar-refractivity contribution in [2.75, 3.05) is 5.73 Å². The first-order chi connectivity index (χ1) is 7.68. The van der Waals surface area contributed by atoms with Gasteiger partial charge in [-0.1, -0.05) is 0 Å². The fraction of sp³-hybridized carbons (Fsp3) is 0.222. The largest absolute Gasteiger partial charge is 0.477 e. The van der Waals surface area contributed by atoms with Gasteiger partial charge in [-0.15, -0.1) is 0 Å². The molecule has 1 aliphatic carbocycles. The molecule has 0 spiro atoms. The van der Waals surface area contributed by atoms with E-state index >= 15 is 0 Å². The molecule has 82 valence electrons. The fourth-order valence-corrected chi connectivity index (χ4v) is 2.08. The van der Waals surface area contributed by atoms with E-state index in [0.717, 1.165) is 11.3 Å². The number of aryl methyl sites for hydroxylation is 1. The van der Waals surface area contributed by atoms with E-state index in [4.69, 9.17) is 10.8 Å². The van der Waals surface area contributed by atoms with Crippen LogP contribution in [0.5, 0.6) is 0 Å². The van der Waals surface area contributed by atoms with Crippen LogP contribution in [0.4, 0.5) is 5.82 Å². The quantitative estimate of drug-likeness (QED) is 0.545. The van der Waals surface area contributed by atoms with Crippen LogP contribution in [-0.2, 0) is 12.8 Å². The number of carbonyl (C=O) groups is 1. The van der Waals surface area contributed by atoms with Crippen molar-refractivity contribution in [3.8, 4) is 11.3 Å². The van der Waals surface area contributed by atoms with Gasteiger partial charge in [-0.2, -0.15) is 10.2 Å². The summed E-state index contributed by atoms with van der Waals surface area (Å²) in [6.45, 7) is 0. The Morgan fingerprint density at radius 1 is 1.31 bits per heavy atom. The lowest BCUT2D eigenvalue weighted by atomic mass is 9.93. The third-order valence-electron chi connectivity index (χ3n) is 2.81. The Balaban J connectivity index is 2.26. The van der Waals surface area contributed by atoms with Crippen molar-refractivity contribution >= 4 is 11.8 Å². The normalized spacial score (nSPS) is 13.2. The second kappa shape index (κ2) is 2.84. The number of hydrogen-bond donors (Lipinski definition) is 4. The molecule has 0 fully saturated rings. The molecule has 3 rings (SSSR count). The number of aromatic carboxylic acids is 1. The predicted octanol–water partition coefficient (Wildman–Crippen LogP) is 0.179. The number of fused-ring (bicyclic) bond motifs is 3. The first-order valence-corrected chi connectivity index (χ1v) is 4.82. The number of nitrogen functional groups attached to an aromatic ring is 1. The second-order valence-electron chi connectivity index (χ2n) is 3.69. The lowest BCUT2D eigenvalue weighted by Gasteiger charge is -2.10.